The number of anilines is 1. The highest BCUT2D eigenvalue weighted by Gasteiger charge is 2.20. The molecule has 1 fully saturated rings. The topological polar surface area (TPSA) is 43.2 Å². The summed E-state index contributed by atoms with van der Waals surface area (Å²) < 4.78 is 30.8. The van der Waals surface area contributed by atoms with Crippen molar-refractivity contribution in [2.24, 2.45) is 5.92 Å². The maximum Gasteiger partial charge on any atom is 0.388 e. The Hall–Kier alpha value is -2.18. The molecule has 1 saturated heterocycles. The fourth-order valence-corrected chi connectivity index (χ4v) is 3.31. The van der Waals surface area contributed by atoms with Gasteiger partial charge in [0, 0.05) is 30.9 Å². The van der Waals surface area contributed by atoms with E-state index in [1.165, 1.54) is 31.5 Å². The smallest absolute Gasteiger partial charge is 0.388 e. The van der Waals surface area contributed by atoms with Gasteiger partial charge in [-0.25, -0.2) is 9.67 Å². The predicted molar refractivity (Wildman–Crippen MR) is 97.3 cm³/mol. The Balaban J connectivity index is 1.87. The molecular formula is C19H26F2N4O. The van der Waals surface area contributed by atoms with Gasteiger partial charge in [0.1, 0.15) is 0 Å². The molecule has 0 bridgehead atoms. The van der Waals surface area contributed by atoms with Gasteiger partial charge < -0.3 is 9.64 Å². The normalized spacial score (nSPS) is 18.4. The van der Waals surface area contributed by atoms with E-state index in [1.807, 2.05) is 4.68 Å². The number of nitrogens with zero attached hydrogens (tertiary/aromatic N) is 4. The molecule has 0 N–H and O–H groups in total. The Morgan fingerprint density at radius 3 is 2.65 bits per heavy atom. The van der Waals surface area contributed by atoms with Crippen LogP contribution in [0.4, 0.5) is 14.6 Å². The number of alkyl halides is 2. The van der Waals surface area contributed by atoms with Crippen LogP contribution in [-0.4, -0.2) is 34.5 Å². The van der Waals surface area contributed by atoms with Gasteiger partial charge in [0.25, 0.3) is 0 Å². The van der Waals surface area contributed by atoms with E-state index in [2.05, 4.69) is 41.5 Å². The second-order valence-corrected chi connectivity index (χ2v) is 7.25. The summed E-state index contributed by atoms with van der Waals surface area (Å²) in [6, 6.07) is 5.28. The van der Waals surface area contributed by atoms with Crippen molar-refractivity contribution < 1.29 is 13.5 Å². The molecule has 0 aromatic carbocycles. The molecule has 0 amide bonds. The van der Waals surface area contributed by atoms with Gasteiger partial charge in [-0.2, -0.15) is 8.78 Å². The van der Waals surface area contributed by atoms with Gasteiger partial charge >= 0.3 is 6.61 Å². The third-order valence-electron chi connectivity index (χ3n) is 4.83. The molecule has 142 valence electrons. The number of aromatic nitrogens is 3. The van der Waals surface area contributed by atoms with Crippen LogP contribution in [0.1, 0.15) is 51.6 Å². The molecule has 1 atom stereocenters. The van der Waals surface area contributed by atoms with E-state index in [0.717, 1.165) is 36.2 Å². The van der Waals surface area contributed by atoms with Crippen LogP contribution < -0.4 is 9.64 Å². The van der Waals surface area contributed by atoms with Crippen LogP contribution in [0.5, 0.6) is 5.88 Å². The number of ether oxygens (including phenoxy) is 1. The number of hydrogen-bond acceptors (Lipinski definition) is 4. The Morgan fingerprint density at radius 2 is 2.00 bits per heavy atom. The summed E-state index contributed by atoms with van der Waals surface area (Å²) in [6.45, 7) is 5.68. The van der Waals surface area contributed by atoms with Gasteiger partial charge in [-0.05, 0) is 37.2 Å². The Bertz CT molecular complexity index is 715. The first-order valence-corrected chi connectivity index (χ1v) is 9.20. The highest BCUT2D eigenvalue weighted by atomic mass is 19.3. The summed E-state index contributed by atoms with van der Waals surface area (Å²) in [7, 11) is 0. The van der Waals surface area contributed by atoms with Gasteiger partial charge in [0.2, 0.25) is 5.88 Å². The van der Waals surface area contributed by atoms with Crippen molar-refractivity contribution in [3.63, 3.8) is 0 Å². The van der Waals surface area contributed by atoms with Crippen LogP contribution in [0, 0.1) is 5.92 Å². The largest absolute Gasteiger partial charge is 0.417 e. The summed E-state index contributed by atoms with van der Waals surface area (Å²) in [6.07, 6.45) is 5.12. The van der Waals surface area contributed by atoms with E-state index in [1.54, 1.807) is 6.07 Å². The second kappa shape index (κ2) is 8.01. The second-order valence-electron chi connectivity index (χ2n) is 7.25. The molecule has 5 nitrogen and oxygen atoms in total. The first kappa shape index (κ1) is 18.6. The molecule has 1 unspecified atom stereocenters. The standard InChI is InChI=1S/C19H26F2N4O/c1-13(2)16-11-17(24-9-4-5-14(3)8-10-24)23-25(16)15-6-7-18(22-12-15)26-19(20)21/h6-7,11-14,19H,4-5,8-10H2,1-3H3. The zero-order chi connectivity index (χ0) is 18.7. The third kappa shape index (κ3) is 4.31. The number of halogens is 2. The zero-order valence-electron chi connectivity index (χ0n) is 15.5. The number of hydrogen-bond donors (Lipinski definition) is 0. The van der Waals surface area contributed by atoms with Crippen LogP contribution in [0.3, 0.4) is 0 Å². The van der Waals surface area contributed by atoms with E-state index in [4.69, 9.17) is 5.10 Å². The van der Waals surface area contributed by atoms with Crippen LogP contribution >= 0.6 is 0 Å². The highest BCUT2D eigenvalue weighted by molar-refractivity contribution is 5.45. The summed E-state index contributed by atoms with van der Waals surface area (Å²) in [4.78, 5) is 6.31. The molecular weight excluding hydrogens is 338 g/mol. The summed E-state index contributed by atoms with van der Waals surface area (Å²) >= 11 is 0. The fraction of sp³-hybridized carbons (Fsp3) is 0.579. The maximum absolute atomic E-state index is 12.3. The lowest BCUT2D eigenvalue weighted by Gasteiger charge is -2.19. The van der Waals surface area contributed by atoms with Crippen molar-refractivity contribution in [2.75, 3.05) is 18.0 Å². The van der Waals surface area contributed by atoms with Gasteiger partial charge in [-0.3, -0.25) is 0 Å². The molecule has 2 aromatic rings. The molecule has 2 aromatic heterocycles. The van der Waals surface area contributed by atoms with E-state index < -0.39 is 6.61 Å². The average Bonchev–Trinajstić information content (AvgIpc) is 2.92. The Labute approximate surface area is 153 Å². The van der Waals surface area contributed by atoms with Gasteiger partial charge in [-0.15, -0.1) is 5.10 Å². The minimum atomic E-state index is -2.87. The van der Waals surface area contributed by atoms with Crippen LogP contribution in [0.2, 0.25) is 0 Å². The van der Waals surface area contributed by atoms with E-state index >= 15 is 0 Å². The predicted octanol–water partition coefficient (Wildman–Crippen LogP) is 4.62. The molecule has 1 aliphatic rings. The molecule has 7 heteroatoms. The first-order valence-electron chi connectivity index (χ1n) is 9.20. The van der Waals surface area contributed by atoms with Crippen molar-refractivity contribution in [1.29, 1.82) is 0 Å². The van der Waals surface area contributed by atoms with Crippen LogP contribution in [-0.2, 0) is 0 Å². The third-order valence-corrected chi connectivity index (χ3v) is 4.83. The van der Waals surface area contributed by atoms with E-state index in [-0.39, 0.29) is 11.8 Å². The van der Waals surface area contributed by atoms with Crippen molar-refractivity contribution in [2.45, 2.75) is 52.6 Å². The van der Waals surface area contributed by atoms with Crippen molar-refractivity contribution in [3.8, 4) is 11.6 Å². The van der Waals surface area contributed by atoms with Gasteiger partial charge in [0.15, 0.2) is 5.82 Å². The SMILES string of the molecule is CC1CCCN(c2cc(C(C)C)n(-c3ccc(OC(F)F)nc3)n2)CC1. The molecule has 1 aliphatic heterocycles. The van der Waals surface area contributed by atoms with Gasteiger partial charge in [-0.1, -0.05) is 20.8 Å². The maximum atomic E-state index is 12.3. The monoisotopic (exact) mass is 364 g/mol. The molecule has 0 spiro atoms. The Kier molecular flexibility index (Phi) is 5.74. The number of pyridine rings is 1. The summed E-state index contributed by atoms with van der Waals surface area (Å²) in [5, 5.41) is 4.80. The fourth-order valence-electron chi connectivity index (χ4n) is 3.31. The quantitative estimate of drug-likeness (QED) is 0.776. The van der Waals surface area contributed by atoms with E-state index in [0.29, 0.717) is 0 Å². The van der Waals surface area contributed by atoms with Crippen LogP contribution in [0.15, 0.2) is 24.4 Å². The summed E-state index contributed by atoms with van der Waals surface area (Å²) in [5.41, 5.74) is 1.81. The number of rotatable bonds is 5. The molecule has 0 aliphatic carbocycles. The average molecular weight is 364 g/mol. The molecule has 0 saturated carbocycles. The minimum Gasteiger partial charge on any atom is -0.417 e. The molecule has 26 heavy (non-hydrogen) atoms. The van der Waals surface area contributed by atoms with Crippen LogP contribution in [0.25, 0.3) is 5.69 Å². The van der Waals surface area contributed by atoms with Crippen molar-refractivity contribution in [1.82, 2.24) is 14.8 Å². The molecule has 3 heterocycles. The van der Waals surface area contributed by atoms with Gasteiger partial charge in [0.05, 0.1) is 11.9 Å². The van der Waals surface area contributed by atoms with E-state index in [9.17, 15) is 8.78 Å². The minimum absolute atomic E-state index is 0.0938. The lowest BCUT2D eigenvalue weighted by atomic mass is 10.0. The lowest BCUT2D eigenvalue weighted by Crippen LogP contribution is -2.24. The molecule has 3 rings (SSSR count). The zero-order valence-corrected chi connectivity index (χ0v) is 15.5. The van der Waals surface area contributed by atoms with Crippen molar-refractivity contribution in [3.05, 3.63) is 30.1 Å². The summed E-state index contributed by atoms with van der Waals surface area (Å²) in [5.74, 6) is 1.90. The van der Waals surface area contributed by atoms with Crippen molar-refractivity contribution >= 4 is 5.82 Å². The molecule has 0 radical (unpaired) electrons. The highest BCUT2D eigenvalue weighted by Crippen LogP contribution is 2.27. The lowest BCUT2D eigenvalue weighted by molar-refractivity contribution is -0.0528. The first-order chi connectivity index (χ1) is 12.4. The Morgan fingerprint density at radius 1 is 1.19 bits per heavy atom.